The normalized spacial score (nSPS) is 11.8. The Hall–Kier alpha value is -1.21. The van der Waals surface area contributed by atoms with E-state index >= 15 is 0 Å². The monoisotopic (exact) mass is 275 g/mol. The van der Waals surface area contributed by atoms with Crippen LogP contribution in [-0.4, -0.2) is 30.8 Å². The summed E-state index contributed by atoms with van der Waals surface area (Å²) in [4.78, 5) is 3.40. The first-order valence-electron chi connectivity index (χ1n) is 5.89. The van der Waals surface area contributed by atoms with Crippen molar-refractivity contribution in [2.45, 2.75) is 26.7 Å². The molecular formula is C11H18FN3O2S. The molecule has 0 aromatic carbocycles. The van der Waals surface area contributed by atoms with Crippen molar-refractivity contribution in [2.24, 2.45) is 0 Å². The molecular weight excluding hydrogens is 257 g/mol. The molecule has 1 aromatic rings. The summed E-state index contributed by atoms with van der Waals surface area (Å²) in [7, 11) is -3.59. The Balaban J connectivity index is 2.81. The molecule has 0 amide bonds. The van der Waals surface area contributed by atoms with Gasteiger partial charge < -0.3 is 0 Å². The van der Waals surface area contributed by atoms with Crippen LogP contribution in [0.2, 0.25) is 0 Å². The first-order chi connectivity index (χ1) is 8.49. The molecule has 0 aliphatic rings. The van der Waals surface area contributed by atoms with Crippen LogP contribution in [0, 0.1) is 5.95 Å². The lowest BCUT2D eigenvalue weighted by atomic mass is 10.4. The van der Waals surface area contributed by atoms with Crippen molar-refractivity contribution in [3.05, 3.63) is 24.3 Å². The second-order valence-electron chi connectivity index (χ2n) is 3.88. The van der Waals surface area contributed by atoms with Gasteiger partial charge in [0.2, 0.25) is 5.95 Å². The Kier molecular flexibility index (Phi) is 5.49. The molecule has 102 valence electrons. The van der Waals surface area contributed by atoms with Gasteiger partial charge in [-0.2, -0.15) is 17.1 Å². The number of hydrogen-bond donors (Lipinski definition) is 1. The molecule has 1 aromatic heterocycles. The van der Waals surface area contributed by atoms with E-state index in [1.54, 1.807) is 0 Å². The lowest BCUT2D eigenvalue weighted by Crippen LogP contribution is -2.37. The maximum absolute atomic E-state index is 12.6. The summed E-state index contributed by atoms with van der Waals surface area (Å²) in [5.74, 6) is -0.642. The number of halogens is 1. The number of hydrogen-bond acceptors (Lipinski definition) is 3. The quantitative estimate of drug-likeness (QED) is 0.774. The highest BCUT2D eigenvalue weighted by Gasteiger charge is 2.20. The van der Waals surface area contributed by atoms with Crippen LogP contribution in [0.1, 0.15) is 26.7 Å². The maximum atomic E-state index is 12.6. The summed E-state index contributed by atoms with van der Waals surface area (Å²) in [6.45, 7) is 4.74. The van der Waals surface area contributed by atoms with Crippen molar-refractivity contribution in [1.29, 1.82) is 0 Å². The second-order valence-corrected chi connectivity index (χ2v) is 5.55. The Morgan fingerprint density at radius 1 is 1.28 bits per heavy atom. The minimum atomic E-state index is -3.59. The summed E-state index contributed by atoms with van der Waals surface area (Å²) >= 11 is 0. The standard InChI is InChI=1S/C11H18FN3O2S/c1-3-7-15(8-4-2)18(16,17)14-10-5-6-11(12)13-9-10/h5-6,9,14H,3-4,7-8H2,1-2H3. The Labute approximate surface area is 107 Å². The van der Waals surface area contributed by atoms with E-state index in [1.165, 1.54) is 10.4 Å². The molecule has 0 saturated carbocycles. The van der Waals surface area contributed by atoms with Gasteiger partial charge >= 0.3 is 10.2 Å². The van der Waals surface area contributed by atoms with E-state index in [4.69, 9.17) is 0 Å². The predicted octanol–water partition coefficient (Wildman–Crippen LogP) is 2.00. The molecule has 0 radical (unpaired) electrons. The van der Waals surface area contributed by atoms with E-state index < -0.39 is 16.2 Å². The zero-order valence-corrected chi connectivity index (χ0v) is 11.4. The van der Waals surface area contributed by atoms with Gasteiger partial charge in [-0.1, -0.05) is 13.8 Å². The third-order valence-electron chi connectivity index (χ3n) is 2.26. The third kappa shape index (κ3) is 4.23. The van der Waals surface area contributed by atoms with Crippen LogP contribution in [0.5, 0.6) is 0 Å². The Morgan fingerprint density at radius 2 is 1.89 bits per heavy atom. The first kappa shape index (κ1) is 14.8. The van der Waals surface area contributed by atoms with Gasteiger partial charge in [0.25, 0.3) is 0 Å². The molecule has 1 rings (SSSR count). The van der Waals surface area contributed by atoms with Gasteiger partial charge in [0, 0.05) is 13.1 Å². The van der Waals surface area contributed by atoms with Gasteiger partial charge in [-0.3, -0.25) is 4.72 Å². The highest BCUT2D eigenvalue weighted by atomic mass is 32.2. The summed E-state index contributed by atoms with van der Waals surface area (Å²) in [6.07, 6.45) is 2.63. The lowest BCUT2D eigenvalue weighted by Gasteiger charge is -2.21. The maximum Gasteiger partial charge on any atom is 0.301 e. The number of rotatable bonds is 7. The molecule has 1 N–H and O–H groups in total. The second kappa shape index (κ2) is 6.65. The van der Waals surface area contributed by atoms with Crippen LogP contribution in [0.3, 0.4) is 0 Å². The molecule has 0 aliphatic heterocycles. The molecule has 18 heavy (non-hydrogen) atoms. The van der Waals surface area contributed by atoms with Gasteiger partial charge in [0.15, 0.2) is 0 Å². The number of nitrogens with zero attached hydrogens (tertiary/aromatic N) is 2. The summed E-state index contributed by atoms with van der Waals surface area (Å²) < 4.78 is 40.5. The number of anilines is 1. The van der Waals surface area contributed by atoms with Crippen LogP contribution >= 0.6 is 0 Å². The van der Waals surface area contributed by atoms with Crippen LogP contribution in [0.15, 0.2) is 18.3 Å². The molecule has 0 spiro atoms. The predicted molar refractivity (Wildman–Crippen MR) is 68.9 cm³/mol. The van der Waals surface area contributed by atoms with Crippen LogP contribution < -0.4 is 4.72 Å². The summed E-state index contributed by atoms with van der Waals surface area (Å²) in [6, 6.07) is 2.46. The van der Waals surface area contributed by atoms with Crippen molar-refractivity contribution in [2.75, 3.05) is 17.8 Å². The highest BCUT2D eigenvalue weighted by molar-refractivity contribution is 7.90. The van der Waals surface area contributed by atoms with Crippen molar-refractivity contribution < 1.29 is 12.8 Å². The summed E-state index contributed by atoms with van der Waals surface area (Å²) in [5.41, 5.74) is 0.258. The fourth-order valence-electron chi connectivity index (χ4n) is 1.50. The van der Waals surface area contributed by atoms with Gasteiger partial charge in [-0.25, -0.2) is 4.98 Å². The van der Waals surface area contributed by atoms with Crippen molar-refractivity contribution >= 4 is 15.9 Å². The van der Waals surface area contributed by atoms with E-state index in [1.807, 2.05) is 13.8 Å². The van der Waals surface area contributed by atoms with Crippen molar-refractivity contribution in [3.63, 3.8) is 0 Å². The Bertz CT molecular complexity index is 456. The van der Waals surface area contributed by atoms with E-state index in [-0.39, 0.29) is 5.69 Å². The molecule has 0 saturated heterocycles. The molecule has 0 atom stereocenters. The van der Waals surface area contributed by atoms with Crippen LogP contribution in [-0.2, 0) is 10.2 Å². The molecule has 0 aliphatic carbocycles. The Morgan fingerprint density at radius 3 is 2.33 bits per heavy atom. The minimum Gasteiger partial charge on any atom is -0.269 e. The topological polar surface area (TPSA) is 62.3 Å². The van der Waals surface area contributed by atoms with Gasteiger partial charge in [-0.05, 0) is 25.0 Å². The third-order valence-corrected chi connectivity index (χ3v) is 3.80. The fraction of sp³-hybridized carbons (Fsp3) is 0.545. The molecule has 7 heteroatoms. The smallest absolute Gasteiger partial charge is 0.269 e. The van der Waals surface area contributed by atoms with E-state index in [2.05, 4.69) is 9.71 Å². The molecule has 5 nitrogen and oxygen atoms in total. The van der Waals surface area contributed by atoms with Crippen LogP contribution in [0.25, 0.3) is 0 Å². The van der Waals surface area contributed by atoms with Gasteiger partial charge in [-0.15, -0.1) is 0 Å². The minimum absolute atomic E-state index is 0.258. The van der Waals surface area contributed by atoms with Gasteiger partial charge in [0.1, 0.15) is 0 Å². The zero-order valence-electron chi connectivity index (χ0n) is 10.6. The zero-order chi connectivity index (χ0) is 13.6. The van der Waals surface area contributed by atoms with Crippen molar-refractivity contribution in [3.8, 4) is 0 Å². The lowest BCUT2D eigenvalue weighted by molar-refractivity contribution is 0.413. The average Bonchev–Trinajstić information content (AvgIpc) is 2.32. The van der Waals surface area contributed by atoms with E-state index in [0.717, 1.165) is 25.1 Å². The average molecular weight is 275 g/mol. The SMILES string of the molecule is CCCN(CCC)S(=O)(=O)Nc1ccc(F)nc1. The molecule has 1 heterocycles. The molecule has 0 unspecified atom stereocenters. The molecule has 0 bridgehead atoms. The number of pyridine rings is 1. The number of nitrogens with one attached hydrogen (secondary N) is 1. The first-order valence-corrected chi connectivity index (χ1v) is 7.33. The highest BCUT2D eigenvalue weighted by Crippen LogP contribution is 2.11. The van der Waals surface area contributed by atoms with Gasteiger partial charge in [0.05, 0.1) is 11.9 Å². The number of aromatic nitrogens is 1. The fourth-order valence-corrected chi connectivity index (χ4v) is 2.89. The van der Waals surface area contributed by atoms with E-state index in [9.17, 15) is 12.8 Å². The van der Waals surface area contributed by atoms with Crippen molar-refractivity contribution in [1.82, 2.24) is 9.29 Å². The summed E-state index contributed by atoms with van der Waals surface area (Å²) in [5, 5.41) is 0. The van der Waals surface area contributed by atoms with Crippen LogP contribution in [0.4, 0.5) is 10.1 Å². The van der Waals surface area contributed by atoms with E-state index in [0.29, 0.717) is 13.1 Å². The molecule has 0 fully saturated rings. The largest absolute Gasteiger partial charge is 0.301 e.